The van der Waals surface area contributed by atoms with Crippen molar-refractivity contribution in [3.8, 4) is 11.5 Å². The third-order valence-corrected chi connectivity index (χ3v) is 5.76. The van der Waals surface area contributed by atoms with E-state index in [1.807, 2.05) is 13.0 Å². The number of hydrogen-bond acceptors (Lipinski definition) is 5. The van der Waals surface area contributed by atoms with Crippen LogP contribution in [0.2, 0.25) is 5.02 Å². The van der Waals surface area contributed by atoms with E-state index in [-0.39, 0.29) is 28.9 Å². The Hall–Kier alpha value is -4.37. The highest BCUT2D eigenvalue weighted by Gasteiger charge is 2.35. The average molecular weight is 538 g/mol. The molecule has 2 N–H and O–H groups in total. The first-order chi connectivity index (χ1) is 18.2. The summed E-state index contributed by atoms with van der Waals surface area (Å²) in [6, 6.07) is 15.6. The summed E-state index contributed by atoms with van der Waals surface area (Å²) in [7, 11) is 0. The van der Waals surface area contributed by atoms with Crippen molar-refractivity contribution in [3.63, 3.8) is 0 Å². The van der Waals surface area contributed by atoms with Crippen molar-refractivity contribution < 1.29 is 28.2 Å². The van der Waals surface area contributed by atoms with E-state index in [1.165, 1.54) is 18.2 Å². The summed E-state index contributed by atoms with van der Waals surface area (Å²) in [5.74, 6) is -0.975. The molecule has 1 fully saturated rings. The van der Waals surface area contributed by atoms with Gasteiger partial charge in [0.25, 0.3) is 5.91 Å². The largest absolute Gasteiger partial charge is 0.490 e. The lowest BCUT2D eigenvalue weighted by atomic mass is 10.1. The maximum Gasteiger partial charge on any atom is 0.329 e. The van der Waals surface area contributed by atoms with Crippen LogP contribution in [0.5, 0.6) is 11.5 Å². The number of urea groups is 1. The van der Waals surface area contributed by atoms with Gasteiger partial charge < -0.3 is 20.1 Å². The van der Waals surface area contributed by atoms with Gasteiger partial charge >= 0.3 is 6.03 Å². The summed E-state index contributed by atoms with van der Waals surface area (Å²) >= 11 is 6.46. The topological polar surface area (TPSA) is 97.0 Å². The maximum absolute atomic E-state index is 13.5. The number of anilines is 1. The van der Waals surface area contributed by atoms with Crippen molar-refractivity contribution in [1.82, 2.24) is 10.2 Å². The van der Waals surface area contributed by atoms with Crippen LogP contribution in [0.1, 0.15) is 23.6 Å². The van der Waals surface area contributed by atoms with Crippen molar-refractivity contribution in [3.05, 3.63) is 93.9 Å². The highest BCUT2D eigenvalue weighted by molar-refractivity contribution is 6.32. The van der Waals surface area contributed by atoms with Gasteiger partial charge in [-0.25, -0.2) is 14.1 Å². The predicted octanol–water partition coefficient (Wildman–Crippen LogP) is 5.30. The molecule has 3 aromatic rings. The van der Waals surface area contributed by atoms with Crippen molar-refractivity contribution in [1.29, 1.82) is 0 Å². The molecule has 0 atom stereocenters. The molecule has 0 unspecified atom stereocenters. The Morgan fingerprint density at radius 1 is 1.11 bits per heavy atom. The van der Waals surface area contributed by atoms with E-state index < -0.39 is 24.4 Å². The van der Waals surface area contributed by atoms with Gasteiger partial charge in [0.1, 0.15) is 24.7 Å². The number of carbonyl (C=O) groups is 3. The second-order valence-electron chi connectivity index (χ2n) is 8.48. The fourth-order valence-electron chi connectivity index (χ4n) is 3.81. The predicted molar refractivity (Wildman–Crippen MR) is 141 cm³/mol. The van der Waals surface area contributed by atoms with Crippen LogP contribution in [0.3, 0.4) is 0 Å². The van der Waals surface area contributed by atoms with Gasteiger partial charge in [-0.05, 0) is 73.0 Å². The molecule has 3 aromatic carbocycles. The molecule has 38 heavy (non-hydrogen) atoms. The molecule has 0 bridgehead atoms. The summed E-state index contributed by atoms with van der Waals surface area (Å²) in [5, 5.41) is 5.36. The Morgan fingerprint density at radius 3 is 2.63 bits per heavy atom. The summed E-state index contributed by atoms with van der Waals surface area (Å²) in [6.07, 6.45) is 1.43. The van der Waals surface area contributed by atoms with Crippen molar-refractivity contribution in [2.75, 3.05) is 18.5 Å². The van der Waals surface area contributed by atoms with Gasteiger partial charge in [0.2, 0.25) is 5.91 Å². The Kier molecular flexibility index (Phi) is 8.28. The highest BCUT2D eigenvalue weighted by Crippen LogP contribution is 2.38. The first kappa shape index (κ1) is 26.7. The van der Waals surface area contributed by atoms with Gasteiger partial charge in [0.15, 0.2) is 11.5 Å². The SMILES string of the molecule is CCOc1cc(/C=C2/NC(=O)N(CC(=O)Nc3cccc(C)c3)C2=O)cc(Cl)c1OCc1cccc(F)c1. The van der Waals surface area contributed by atoms with Crippen molar-refractivity contribution in [2.45, 2.75) is 20.5 Å². The summed E-state index contributed by atoms with van der Waals surface area (Å²) in [4.78, 5) is 38.6. The van der Waals surface area contributed by atoms with Gasteiger partial charge in [-0.1, -0.05) is 35.9 Å². The van der Waals surface area contributed by atoms with Gasteiger partial charge in [-0.2, -0.15) is 0 Å². The molecule has 4 rings (SSSR count). The van der Waals surface area contributed by atoms with E-state index in [4.69, 9.17) is 21.1 Å². The molecule has 0 aliphatic carbocycles. The van der Waals surface area contributed by atoms with Crippen LogP contribution in [-0.4, -0.2) is 35.9 Å². The number of imide groups is 1. The van der Waals surface area contributed by atoms with E-state index in [0.717, 1.165) is 10.5 Å². The first-order valence-electron chi connectivity index (χ1n) is 11.8. The van der Waals surface area contributed by atoms with Gasteiger partial charge in [-0.15, -0.1) is 0 Å². The normalized spacial score (nSPS) is 14.0. The standard InChI is InChI=1S/C28H25ClFN3O5/c1-3-37-24-14-19(12-22(29)26(24)38-16-18-7-5-8-20(30)11-18)13-23-27(35)33(28(36)32-23)15-25(34)31-21-9-4-6-17(2)10-21/h4-14H,3,15-16H2,1-2H3,(H,31,34)(H,32,36)/b23-13+. The van der Waals surface area contributed by atoms with Crippen LogP contribution >= 0.6 is 11.6 Å². The van der Waals surface area contributed by atoms with E-state index in [9.17, 15) is 18.8 Å². The van der Waals surface area contributed by atoms with E-state index in [1.54, 1.807) is 49.4 Å². The quantitative estimate of drug-likeness (QED) is 0.285. The van der Waals surface area contributed by atoms with Gasteiger partial charge in [0, 0.05) is 5.69 Å². The minimum atomic E-state index is -0.716. The van der Waals surface area contributed by atoms with Gasteiger partial charge in [0.05, 0.1) is 11.6 Å². The number of halogens is 2. The molecular weight excluding hydrogens is 513 g/mol. The van der Waals surface area contributed by atoms with Crippen molar-refractivity contribution >= 4 is 41.2 Å². The molecule has 0 aromatic heterocycles. The molecular formula is C28H25ClFN3O5. The van der Waals surface area contributed by atoms with Crippen LogP contribution in [0, 0.1) is 12.7 Å². The molecule has 196 valence electrons. The number of rotatable bonds is 9. The Labute approximate surface area is 224 Å². The third-order valence-electron chi connectivity index (χ3n) is 5.48. The third kappa shape index (κ3) is 6.49. The number of hydrogen-bond donors (Lipinski definition) is 2. The molecule has 10 heteroatoms. The molecule has 0 saturated carbocycles. The number of nitrogens with one attached hydrogen (secondary N) is 2. The van der Waals surface area contributed by atoms with Crippen LogP contribution in [0.4, 0.5) is 14.9 Å². The number of aryl methyl sites for hydroxylation is 1. The fourth-order valence-corrected chi connectivity index (χ4v) is 4.08. The number of amides is 4. The second kappa shape index (κ2) is 11.8. The lowest BCUT2D eigenvalue weighted by molar-refractivity contribution is -0.127. The number of nitrogens with zero attached hydrogens (tertiary/aromatic N) is 1. The lowest BCUT2D eigenvalue weighted by Gasteiger charge is -2.15. The molecule has 1 aliphatic heterocycles. The monoisotopic (exact) mass is 537 g/mol. The van der Waals surface area contributed by atoms with Crippen LogP contribution in [-0.2, 0) is 16.2 Å². The summed E-state index contributed by atoms with van der Waals surface area (Å²) in [5.41, 5.74) is 2.58. The maximum atomic E-state index is 13.5. The lowest BCUT2D eigenvalue weighted by Crippen LogP contribution is -2.38. The molecule has 1 aliphatic rings. The molecule has 1 saturated heterocycles. The zero-order valence-corrected chi connectivity index (χ0v) is 21.5. The molecule has 4 amide bonds. The average Bonchev–Trinajstić information content (AvgIpc) is 3.11. The highest BCUT2D eigenvalue weighted by atomic mass is 35.5. The molecule has 0 radical (unpaired) electrons. The number of benzene rings is 3. The minimum absolute atomic E-state index is 0.0229. The molecule has 0 spiro atoms. The Bertz CT molecular complexity index is 1430. The Morgan fingerprint density at radius 2 is 1.89 bits per heavy atom. The minimum Gasteiger partial charge on any atom is -0.490 e. The van der Waals surface area contributed by atoms with E-state index in [0.29, 0.717) is 29.2 Å². The molecule has 8 nitrogen and oxygen atoms in total. The zero-order chi connectivity index (χ0) is 27.2. The smallest absolute Gasteiger partial charge is 0.329 e. The second-order valence-corrected chi connectivity index (χ2v) is 8.89. The fraction of sp³-hybridized carbons (Fsp3) is 0.179. The first-order valence-corrected chi connectivity index (χ1v) is 12.2. The number of ether oxygens (including phenoxy) is 2. The summed E-state index contributed by atoms with van der Waals surface area (Å²) < 4.78 is 25.0. The van der Waals surface area contributed by atoms with E-state index >= 15 is 0 Å². The summed E-state index contributed by atoms with van der Waals surface area (Å²) in [6.45, 7) is 3.60. The molecule has 1 heterocycles. The van der Waals surface area contributed by atoms with Crippen LogP contribution < -0.4 is 20.1 Å². The van der Waals surface area contributed by atoms with E-state index in [2.05, 4.69) is 10.6 Å². The van der Waals surface area contributed by atoms with Crippen LogP contribution in [0.25, 0.3) is 6.08 Å². The Balaban J connectivity index is 1.49. The van der Waals surface area contributed by atoms with Crippen molar-refractivity contribution in [2.24, 2.45) is 0 Å². The zero-order valence-electron chi connectivity index (χ0n) is 20.7. The van der Waals surface area contributed by atoms with Gasteiger partial charge in [-0.3, -0.25) is 9.59 Å². The van der Waals surface area contributed by atoms with Crippen LogP contribution in [0.15, 0.2) is 66.4 Å². The number of carbonyl (C=O) groups excluding carboxylic acids is 3.